The van der Waals surface area contributed by atoms with Crippen LogP contribution >= 0.6 is 0 Å². The van der Waals surface area contributed by atoms with Crippen molar-refractivity contribution in [1.29, 1.82) is 0 Å². The zero-order valence-corrected chi connectivity index (χ0v) is 23.3. The van der Waals surface area contributed by atoms with Crippen LogP contribution in [0.15, 0.2) is 72.9 Å². The summed E-state index contributed by atoms with van der Waals surface area (Å²) in [5, 5.41) is 9.16. The zero-order valence-electron chi connectivity index (χ0n) is 23.3. The van der Waals surface area contributed by atoms with Crippen molar-refractivity contribution in [2.45, 2.75) is 46.6 Å². The molecule has 0 atom stereocenters. The second kappa shape index (κ2) is 16.3. The highest BCUT2D eigenvalue weighted by molar-refractivity contribution is 5.87. The van der Waals surface area contributed by atoms with Crippen LogP contribution in [0.2, 0.25) is 0 Å². The average Bonchev–Trinajstić information content (AvgIpc) is 2.91. The molecule has 0 aliphatic rings. The molecular weight excluding hydrogens is 496 g/mol. The minimum absolute atomic E-state index is 0.0643. The highest BCUT2D eigenvalue weighted by Crippen LogP contribution is 2.36. The molecule has 0 radical (unpaired) electrons. The van der Waals surface area contributed by atoms with E-state index in [-0.39, 0.29) is 26.4 Å². The number of benzene rings is 2. The molecule has 2 aromatic rings. The Hall–Kier alpha value is -3.68. The smallest absolute Gasteiger partial charge is 0.333 e. The standard InChI is InChI=1S/C32H40O7/c1-22(2)20-36-15-13-28-18-26(21-39-32(35)24(5)6)19-29(27-11-9-25(10-12-27)8-7-14-33)30(28)37-16-17-38-31(34)23(3)4/h9-12,18-19,33H,1,3,5,7-8,13-17,20-21H2,2,4,6H3. The zero-order chi connectivity index (χ0) is 28.8. The van der Waals surface area contributed by atoms with Crippen LogP contribution in [0.3, 0.4) is 0 Å². The van der Waals surface area contributed by atoms with Gasteiger partial charge >= 0.3 is 11.9 Å². The van der Waals surface area contributed by atoms with Gasteiger partial charge in [-0.2, -0.15) is 0 Å². The Morgan fingerprint density at radius 1 is 0.821 bits per heavy atom. The molecule has 2 rings (SSSR count). The summed E-state index contributed by atoms with van der Waals surface area (Å²) in [5.74, 6) is -0.297. The number of aliphatic hydroxyl groups excluding tert-OH is 1. The summed E-state index contributed by atoms with van der Waals surface area (Å²) in [7, 11) is 0. The summed E-state index contributed by atoms with van der Waals surface area (Å²) in [6.45, 7) is 17.5. The van der Waals surface area contributed by atoms with Crippen molar-refractivity contribution in [3.8, 4) is 16.9 Å². The van der Waals surface area contributed by atoms with Gasteiger partial charge in [0.05, 0.1) is 13.2 Å². The number of carbonyl (C=O) groups is 2. The molecule has 2 aromatic carbocycles. The fourth-order valence-corrected chi connectivity index (χ4v) is 3.64. The van der Waals surface area contributed by atoms with Crippen molar-refractivity contribution in [3.63, 3.8) is 0 Å². The van der Waals surface area contributed by atoms with Crippen LogP contribution < -0.4 is 4.74 Å². The van der Waals surface area contributed by atoms with Crippen LogP contribution in [0, 0.1) is 0 Å². The molecule has 0 fully saturated rings. The number of aliphatic hydroxyl groups is 1. The van der Waals surface area contributed by atoms with Gasteiger partial charge < -0.3 is 24.1 Å². The Morgan fingerprint density at radius 3 is 2.10 bits per heavy atom. The fraction of sp³-hybridized carbons (Fsp3) is 0.375. The van der Waals surface area contributed by atoms with E-state index in [0.29, 0.717) is 43.0 Å². The summed E-state index contributed by atoms with van der Waals surface area (Å²) in [6.07, 6.45) is 2.00. The Bertz CT molecular complexity index is 1160. The average molecular weight is 537 g/mol. The van der Waals surface area contributed by atoms with E-state index in [1.54, 1.807) is 13.8 Å². The quantitative estimate of drug-likeness (QED) is 0.123. The number of hydrogen-bond donors (Lipinski definition) is 1. The van der Waals surface area contributed by atoms with E-state index in [1.165, 1.54) is 0 Å². The molecule has 7 nitrogen and oxygen atoms in total. The first kappa shape index (κ1) is 31.5. The molecule has 0 saturated heterocycles. The largest absolute Gasteiger partial charge is 0.489 e. The maximum absolute atomic E-state index is 12.1. The Labute approximate surface area is 231 Å². The van der Waals surface area contributed by atoms with Gasteiger partial charge in [-0.3, -0.25) is 0 Å². The van der Waals surface area contributed by atoms with Crippen LogP contribution in [0.4, 0.5) is 0 Å². The molecule has 39 heavy (non-hydrogen) atoms. The number of esters is 2. The number of rotatable bonds is 17. The highest BCUT2D eigenvalue weighted by Gasteiger charge is 2.17. The lowest BCUT2D eigenvalue weighted by Gasteiger charge is -2.19. The third-order valence-electron chi connectivity index (χ3n) is 5.61. The highest BCUT2D eigenvalue weighted by atomic mass is 16.6. The Morgan fingerprint density at radius 2 is 1.49 bits per heavy atom. The minimum Gasteiger partial charge on any atom is -0.489 e. The summed E-state index contributed by atoms with van der Waals surface area (Å²) in [4.78, 5) is 23.9. The molecule has 0 heterocycles. The molecule has 210 valence electrons. The maximum Gasteiger partial charge on any atom is 0.333 e. The summed E-state index contributed by atoms with van der Waals surface area (Å²) in [5.41, 5.74) is 6.07. The van der Waals surface area contributed by atoms with Gasteiger partial charge in [0.1, 0.15) is 25.6 Å². The van der Waals surface area contributed by atoms with Gasteiger partial charge in [-0.15, -0.1) is 0 Å². The van der Waals surface area contributed by atoms with E-state index in [4.69, 9.17) is 24.1 Å². The van der Waals surface area contributed by atoms with Gasteiger partial charge in [0, 0.05) is 23.3 Å². The van der Waals surface area contributed by atoms with Crippen molar-refractivity contribution in [1.82, 2.24) is 0 Å². The van der Waals surface area contributed by atoms with Crippen molar-refractivity contribution >= 4 is 11.9 Å². The molecular formula is C32H40O7. The molecule has 0 spiro atoms. The normalized spacial score (nSPS) is 10.6. The van der Waals surface area contributed by atoms with Gasteiger partial charge in [0.15, 0.2) is 0 Å². The van der Waals surface area contributed by atoms with Gasteiger partial charge in [0.25, 0.3) is 0 Å². The topological polar surface area (TPSA) is 91.3 Å². The van der Waals surface area contributed by atoms with E-state index < -0.39 is 11.9 Å². The van der Waals surface area contributed by atoms with Gasteiger partial charge in [-0.25, -0.2) is 9.59 Å². The van der Waals surface area contributed by atoms with Crippen LogP contribution in [-0.2, 0) is 43.2 Å². The Balaban J connectivity index is 2.44. The van der Waals surface area contributed by atoms with Gasteiger partial charge in [0.2, 0.25) is 0 Å². The lowest BCUT2D eigenvalue weighted by Crippen LogP contribution is -2.14. The third kappa shape index (κ3) is 10.9. The van der Waals surface area contributed by atoms with Crippen LogP contribution in [0.25, 0.3) is 11.1 Å². The first-order valence-electron chi connectivity index (χ1n) is 13.0. The molecule has 0 saturated carbocycles. The lowest BCUT2D eigenvalue weighted by molar-refractivity contribution is -0.140. The Kier molecular flexibility index (Phi) is 13.2. The van der Waals surface area contributed by atoms with E-state index >= 15 is 0 Å². The molecule has 0 aliphatic carbocycles. The molecule has 0 bridgehead atoms. The maximum atomic E-state index is 12.1. The summed E-state index contributed by atoms with van der Waals surface area (Å²) in [6, 6.07) is 11.9. The van der Waals surface area contributed by atoms with Gasteiger partial charge in [-0.05, 0) is 74.4 Å². The fourth-order valence-electron chi connectivity index (χ4n) is 3.64. The molecule has 0 unspecified atom stereocenters. The van der Waals surface area contributed by atoms with Gasteiger partial charge in [-0.1, -0.05) is 49.6 Å². The molecule has 1 N–H and O–H groups in total. The van der Waals surface area contributed by atoms with E-state index in [1.807, 2.05) is 43.3 Å². The molecule has 0 aromatic heterocycles. The second-order valence-corrected chi connectivity index (χ2v) is 9.54. The van der Waals surface area contributed by atoms with E-state index in [0.717, 1.165) is 39.8 Å². The first-order valence-corrected chi connectivity index (χ1v) is 13.0. The van der Waals surface area contributed by atoms with Crippen LogP contribution in [0.1, 0.15) is 43.9 Å². The predicted octanol–water partition coefficient (Wildman–Crippen LogP) is 5.53. The minimum atomic E-state index is -0.472. The summed E-state index contributed by atoms with van der Waals surface area (Å²) < 4.78 is 22.6. The van der Waals surface area contributed by atoms with Crippen molar-refractivity contribution in [2.75, 3.05) is 33.0 Å². The molecule has 0 amide bonds. The number of hydrogen-bond acceptors (Lipinski definition) is 7. The SMILES string of the molecule is C=C(C)COCCc1cc(COC(=O)C(=C)C)cc(-c2ccc(CCCO)cc2)c1OCCOC(=O)C(=C)C. The third-order valence-corrected chi connectivity index (χ3v) is 5.61. The number of aryl methyl sites for hydroxylation is 1. The first-order chi connectivity index (χ1) is 18.6. The molecule has 7 heteroatoms. The second-order valence-electron chi connectivity index (χ2n) is 9.54. The van der Waals surface area contributed by atoms with E-state index in [2.05, 4.69) is 19.7 Å². The molecule has 0 aliphatic heterocycles. The number of ether oxygens (including phenoxy) is 4. The van der Waals surface area contributed by atoms with Crippen molar-refractivity contribution < 1.29 is 33.6 Å². The predicted molar refractivity (Wildman–Crippen MR) is 152 cm³/mol. The lowest BCUT2D eigenvalue weighted by atomic mass is 9.95. The van der Waals surface area contributed by atoms with Crippen molar-refractivity contribution in [3.05, 3.63) is 89.5 Å². The summed E-state index contributed by atoms with van der Waals surface area (Å²) >= 11 is 0. The monoisotopic (exact) mass is 536 g/mol. The number of carbonyl (C=O) groups excluding carboxylic acids is 2. The van der Waals surface area contributed by atoms with E-state index in [9.17, 15) is 9.59 Å². The van der Waals surface area contributed by atoms with Crippen LogP contribution in [-0.4, -0.2) is 50.1 Å². The van der Waals surface area contributed by atoms with Crippen LogP contribution in [0.5, 0.6) is 5.75 Å². The van der Waals surface area contributed by atoms with Crippen molar-refractivity contribution in [2.24, 2.45) is 0 Å².